The molecule has 3 aromatic rings. The van der Waals surface area contributed by atoms with E-state index in [0.29, 0.717) is 35.0 Å². The summed E-state index contributed by atoms with van der Waals surface area (Å²) in [6.45, 7) is 3.38. The molecule has 0 saturated carbocycles. The van der Waals surface area contributed by atoms with Gasteiger partial charge in [-0.2, -0.15) is 0 Å². The summed E-state index contributed by atoms with van der Waals surface area (Å²) in [7, 11) is 0. The van der Waals surface area contributed by atoms with Gasteiger partial charge in [0.1, 0.15) is 5.75 Å². The first kappa shape index (κ1) is 23.3. The zero-order valence-electron chi connectivity index (χ0n) is 18.3. The SMILES string of the molecule is CCOc1ccccc1OCC(=O)Nc1ccccc1NC(=O)c1cccc(OC(C)=O)c1. The van der Waals surface area contributed by atoms with E-state index in [-0.39, 0.29) is 12.4 Å². The predicted octanol–water partition coefficient (Wildman–Crippen LogP) is 4.28. The van der Waals surface area contributed by atoms with E-state index in [1.54, 1.807) is 60.7 Å². The molecule has 0 atom stereocenters. The standard InChI is InChI=1S/C25H24N2O6/c1-3-31-22-13-6-7-14-23(22)32-16-24(29)26-20-11-4-5-12-21(20)27-25(30)18-9-8-10-19(15-18)33-17(2)28/h4-15H,3,16H2,1-2H3,(H,26,29)(H,27,30). The second-order valence-electron chi connectivity index (χ2n) is 6.84. The molecule has 0 aliphatic heterocycles. The highest BCUT2D eigenvalue weighted by molar-refractivity contribution is 6.07. The molecule has 3 aromatic carbocycles. The number of carbonyl (C=O) groups excluding carboxylic acids is 3. The molecule has 0 heterocycles. The third-order valence-electron chi connectivity index (χ3n) is 4.31. The highest BCUT2D eigenvalue weighted by atomic mass is 16.5. The molecule has 170 valence electrons. The Kier molecular flexibility index (Phi) is 8.02. The summed E-state index contributed by atoms with van der Waals surface area (Å²) in [5.41, 5.74) is 1.11. The zero-order valence-corrected chi connectivity index (χ0v) is 18.3. The molecule has 0 fully saturated rings. The lowest BCUT2D eigenvalue weighted by atomic mass is 10.2. The van der Waals surface area contributed by atoms with Crippen LogP contribution in [0.15, 0.2) is 72.8 Å². The van der Waals surface area contributed by atoms with Crippen LogP contribution in [0.1, 0.15) is 24.2 Å². The topological polar surface area (TPSA) is 103 Å². The summed E-state index contributed by atoms with van der Waals surface area (Å²) in [6.07, 6.45) is 0. The Morgan fingerprint density at radius 1 is 0.788 bits per heavy atom. The van der Waals surface area contributed by atoms with Crippen LogP contribution in [0.2, 0.25) is 0 Å². The van der Waals surface area contributed by atoms with E-state index in [1.807, 2.05) is 13.0 Å². The average Bonchev–Trinajstić information content (AvgIpc) is 2.80. The quantitative estimate of drug-likeness (QED) is 0.374. The van der Waals surface area contributed by atoms with Crippen LogP contribution < -0.4 is 24.8 Å². The fourth-order valence-electron chi connectivity index (χ4n) is 2.94. The highest BCUT2D eigenvalue weighted by Crippen LogP contribution is 2.27. The Balaban J connectivity index is 1.65. The minimum Gasteiger partial charge on any atom is -0.490 e. The van der Waals surface area contributed by atoms with E-state index in [2.05, 4.69) is 10.6 Å². The van der Waals surface area contributed by atoms with Crippen molar-refractivity contribution in [1.29, 1.82) is 0 Å². The number of benzene rings is 3. The van der Waals surface area contributed by atoms with Gasteiger partial charge < -0.3 is 24.8 Å². The van der Waals surface area contributed by atoms with Crippen LogP contribution in [-0.2, 0) is 9.59 Å². The number of esters is 1. The summed E-state index contributed by atoms with van der Waals surface area (Å²) in [6, 6.07) is 20.1. The molecule has 0 saturated heterocycles. The Bertz CT molecular complexity index is 1150. The van der Waals surface area contributed by atoms with Crippen molar-refractivity contribution in [3.8, 4) is 17.2 Å². The molecule has 0 unspecified atom stereocenters. The van der Waals surface area contributed by atoms with Crippen molar-refractivity contribution in [3.63, 3.8) is 0 Å². The normalized spacial score (nSPS) is 10.1. The summed E-state index contributed by atoms with van der Waals surface area (Å²) in [5.74, 6) is -0.0272. The largest absolute Gasteiger partial charge is 0.490 e. The maximum atomic E-state index is 12.7. The lowest BCUT2D eigenvalue weighted by Crippen LogP contribution is -2.22. The second-order valence-corrected chi connectivity index (χ2v) is 6.84. The van der Waals surface area contributed by atoms with Crippen LogP contribution in [0.4, 0.5) is 11.4 Å². The Morgan fingerprint density at radius 2 is 1.42 bits per heavy atom. The number of hydrogen-bond acceptors (Lipinski definition) is 6. The Hall–Kier alpha value is -4.33. The molecule has 0 bridgehead atoms. The molecule has 0 aliphatic rings. The maximum Gasteiger partial charge on any atom is 0.308 e. The number of rotatable bonds is 9. The van der Waals surface area contributed by atoms with Crippen molar-refractivity contribution < 1.29 is 28.6 Å². The fraction of sp³-hybridized carbons (Fsp3) is 0.160. The molecule has 33 heavy (non-hydrogen) atoms. The van der Waals surface area contributed by atoms with Gasteiger partial charge in [0.05, 0.1) is 18.0 Å². The van der Waals surface area contributed by atoms with Crippen molar-refractivity contribution in [3.05, 3.63) is 78.4 Å². The number of amides is 2. The highest BCUT2D eigenvalue weighted by Gasteiger charge is 2.13. The fourth-order valence-corrected chi connectivity index (χ4v) is 2.94. The van der Waals surface area contributed by atoms with Gasteiger partial charge in [-0.1, -0.05) is 30.3 Å². The molecule has 0 aliphatic carbocycles. The molecular formula is C25H24N2O6. The summed E-state index contributed by atoms with van der Waals surface area (Å²) >= 11 is 0. The van der Waals surface area contributed by atoms with Crippen molar-refractivity contribution in [2.24, 2.45) is 0 Å². The zero-order chi connectivity index (χ0) is 23.6. The number of para-hydroxylation sites is 4. The molecular weight excluding hydrogens is 424 g/mol. The van der Waals surface area contributed by atoms with E-state index < -0.39 is 17.8 Å². The summed E-state index contributed by atoms with van der Waals surface area (Å²) < 4.78 is 16.1. The smallest absolute Gasteiger partial charge is 0.308 e. The predicted molar refractivity (Wildman–Crippen MR) is 124 cm³/mol. The van der Waals surface area contributed by atoms with Gasteiger partial charge in [-0.05, 0) is 49.4 Å². The number of nitrogens with one attached hydrogen (secondary N) is 2. The maximum absolute atomic E-state index is 12.7. The molecule has 3 rings (SSSR count). The third-order valence-corrected chi connectivity index (χ3v) is 4.31. The lowest BCUT2D eigenvalue weighted by Gasteiger charge is -2.14. The van der Waals surface area contributed by atoms with Gasteiger partial charge in [0, 0.05) is 12.5 Å². The molecule has 2 N–H and O–H groups in total. The first-order valence-electron chi connectivity index (χ1n) is 10.3. The monoisotopic (exact) mass is 448 g/mol. The number of carbonyl (C=O) groups is 3. The van der Waals surface area contributed by atoms with Gasteiger partial charge >= 0.3 is 5.97 Å². The van der Waals surface area contributed by atoms with Crippen LogP contribution in [0.25, 0.3) is 0 Å². The van der Waals surface area contributed by atoms with Crippen molar-refractivity contribution in [2.75, 3.05) is 23.8 Å². The van der Waals surface area contributed by atoms with Crippen LogP contribution in [0.3, 0.4) is 0 Å². The van der Waals surface area contributed by atoms with Crippen molar-refractivity contribution >= 4 is 29.2 Å². The van der Waals surface area contributed by atoms with Crippen molar-refractivity contribution in [1.82, 2.24) is 0 Å². The van der Waals surface area contributed by atoms with Gasteiger partial charge in [0.2, 0.25) is 0 Å². The van der Waals surface area contributed by atoms with Crippen LogP contribution in [-0.4, -0.2) is 31.0 Å². The lowest BCUT2D eigenvalue weighted by molar-refractivity contribution is -0.131. The second kappa shape index (κ2) is 11.3. The van der Waals surface area contributed by atoms with Gasteiger partial charge in [0.25, 0.3) is 11.8 Å². The Morgan fingerprint density at radius 3 is 2.09 bits per heavy atom. The minimum absolute atomic E-state index is 0.239. The van der Waals surface area contributed by atoms with Gasteiger partial charge in [-0.15, -0.1) is 0 Å². The molecule has 2 amide bonds. The number of anilines is 2. The molecule has 8 nitrogen and oxygen atoms in total. The van der Waals surface area contributed by atoms with E-state index in [4.69, 9.17) is 14.2 Å². The molecule has 0 radical (unpaired) electrons. The first-order valence-corrected chi connectivity index (χ1v) is 10.3. The average molecular weight is 448 g/mol. The van der Waals surface area contributed by atoms with Crippen LogP contribution >= 0.6 is 0 Å². The van der Waals surface area contributed by atoms with Crippen LogP contribution in [0, 0.1) is 0 Å². The van der Waals surface area contributed by atoms with Gasteiger partial charge in [-0.3, -0.25) is 14.4 Å². The van der Waals surface area contributed by atoms with Gasteiger partial charge in [0.15, 0.2) is 18.1 Å². The number of ether oxygens (including phenoxy) is 3. The summed E-state index contributed by atoms with van der Waals surface area (Å²) in [4.78, 5) is 36.3. The van der Waals surface area contributed by atoms with Gasteiger partial charge in [-0.25, -0.2) is 0 Å². The van der Waals surface area contributed by atoms with E-state index >= 15 is 0 Å². The van der Waals surface area contributed by atoms with E-state index in [9.17, 15) is 14.4 Å². The van der Waals surface area contributed by atoms with Crippen LogP contribution in [0.5, 0.6) is 17.2 Å². The number of hydrogen-bond donors (Lipinski definition) is 2. The first-order chi connectivity index (χ1) is 16.0. The molecule has 0 spiro atoms. The Labute approximate surface area is 191 Å². The summed E-state index contributed by atoms with van der Waals surface area (Å²) in [5, 5.41) is 5.50. The third kappa shape index (κ3) is 6.83. The van der Waals surface area contributed by atoms with Crippen molar-refractivity contribution in [2.45, 2.75) is 13.8 Å². The van der Waals surface area contributed by atoms with E-state index in [0.717, 1.165) is 0 Å². The molecule has 8 heteroatoms. The van der Waals surface area contributed by atoms with E-state index in [1.165, 1.54) is 13.0 Å². The minimum atomic E-state index is -0.480. The molecule has 0 aromatic heterocycles.